The van der Waals surface area contributed by atoms with Gasteiger partial charge >= 0.3 is 0 Å². The normalized spacial score (nSPS) is 10.8. The van der Waals surface area contributed by atoms with Crippen molar-refractivity contribution >= 4 is 34.7 Å². The summed E-state index contributed by atoms with van der Waals surface area (Å²) in [5.41, 5.74) is 2.05. The standard InChI is InChI=1S/C22H16FN3O2S/c23-16-7-9-17(10-8-16)24-20(27)15-6-11-18-19(12-15)25-22(29)26(21(18)28)13-14-4-2-1-3-5-14/h1-12H,13H2,(H,24,27)(H,25,29). The van der Waals surface area contributed by atoms with Crippen molar-refractivity contribution in [1.82, 2.24) is 9.55 Å². The molecule has 0 aliphatic heterocycles. The lowest BCUT2D eigenvalue weighted by Gasteiger charge is -2.10. The lowest BCUT2D eigenvalue weighted by atomic mass is 10.1. The first-order valence-electron chi connectivity index (χ1n) is 8.89. The van der Waals surface area contributed by atoms with E-state index in [4.69, 9.17) is 12.2 Å². The minimum absolute atomic E-state index is 0.224. The van der Waals surface area contributed by atoms with Crippen LogP contribution < -0.4 is 10.9 Å². The van der Waals surface area contributed by atoms with Gasteiger partial charge in [0.1, 0.15) is 5.82 Å². The number of H-pyrrole nitrogens is 1. The molecule has 2 N–H and O–H groups in total. The fourth-order valence-corrected chi connectivity index (χ4v) is 3.30. The second-order valence-electron chi connectivity index (χ2n) is 6.53. The summed E-state index contributed by atoms with van der Waals surface area (Å²) in [7, 11) is 0. The zero-order chi connectivity index (χ0) is 20.4. The number of halogens is 1. The lowest BCUT2D eigenvalue weighted by Crippen LogP contribution is -2.23. The van der Waals surface area contributed by atoms with E-state index in [0.29, 0.717) is 28.7 Å². The Hall–Kier alpha value is -3.58. The summed E-state index contributed by atoms with van der Waals surface area (Å²) in [6, 6.07) is 19.8. The quantitative estimate of drug-likeness (QED) is 0.492. The second kappa shape index (κ2) is 7.81. The lowest BCUT2D eigenvalue weighted by molar-refractivity contribution is 0.102. The molecule has 0 fully saturated rings. The number of rotatable bonds is 4. The number of aromatic nitrogens is 2. The first-order valence-corrected chi connectivity index (χ1v) is 9.30. The smallest absolute Gasteiger partial charge is 0.262 e. The Kier molecular flexibility index (Phi) is 5.05. The van der Waals surface area contributed by atoms with Gasteiger partial charge in [0.15, 0.2) is 4.77 Å². The van der Waals surface area contributed by atoms with E-state index in [2.05, 4.69) is 10.3 Å². The van der Waals surface area contributed by atoms with Crippen molar-refractivity contribution in [3.63, 3.8) is 0 Å². The highest BCUT2D eigenvalue weighted by molar-refractivity contribution is 7.71. The molecule has 1 aromatic heterocycles. The van der Waals surface area contributed by atoms with Crippen LogP contribution in [-0.2, 0) is 6.54 Å². The molecule has 4 aromatic rings. The molecule has 5 nitrogen and oxygen atoms in total. The van der Waals surface area contributed by atoms with Crippen molar-refractivity contribution in [1.29, 1.82) is 0 Å². The van der Waals surface area contributed by atoms with E-state index < -0.39 is 0 Å². The van der Waals surface area contributed by atoms with E-state index in [1.165, 1.54) is 28.8 Å². The number of carbonyl (C=O) groups excluding carboxylic acids is 1. The summed E-state index contributed by atoms with van der Waals surface area (Å²) in [5, 5.41) is 3.13. The van der Waals surface area contributed by atoms with Crippen molar-refractivity contribution < 1.29 is 9.18 Å². The number of nitrogens with one attached hydrogen (secondary N) is 2. The van der Waals surface area contributed by atoms with Crippen LogP contribution in [0.4, 0.5) is 10.1 Å². The van der Waals surface area contributed by atoms with E-state index in [9.17, 15) is 14.0 Å². The van der Waals surface area contributed by atoms with Crippen molar-refractivity contribution in [2.45, 2.75) is 6.54 Å². The van der Waals surface area contributed by atoms with Gasteiger partial charge in [-0.2, -0.15) is 0 Å². The van der Waals surface area contributed by atoms with Crippen LogP contribution in [0.25, 0.3) is 10.9 Å². The molecule has 0 saturated heterocycles. The van der Waals surface area contributed by atoms with Crippen LogP contribution in [0.5, 0.6) is 0 Å². The molecule has 0 spiro atoms. The predicted octanol–water partition coefficient (Wildman–Crippen LogP) is 4.50. The van der Waals surface area contributed by atoms with Crippen molar-refractivity contribution in [3.05, 3.63) is 105 Å². The highest BCUT2D eigenvalue weighted by atomic mass is 32.1. The maximum Gasteiger partial charge on any atom is 0.262 e. The van der Waals surface area contributed by atoms with Crippen LogP contribution in [0.3, 0.4) is 0 Å². The number of nitrogens with zero attached hydrogens (tertiary/aromatic N) is 1. The van der Waals surface area contributed by atoms with Gasteiger partial charge < -0.3 is 10.3 Å². The van der Waals surface area contributed by atoms with Gasteiger partial charge in [0.25, 0.3) is 11.5 Å². The van der Waals surface area contributed by atoms with Gasteiger partial charge in [0.2, 0.25) is 0 Å². The van der Waals surface area contributed by atoms with Gasteiger partial charge in [-0.15, -0.1) is 0 Å². The molecule has 1 amide bonds. The molecule has 1 heterocycles. The summed E-state index contributed by atoms with van der Waals surface area (Å²) in [4.78, 5) is 28.4. The summed E-state index contributed by atoms with van der Waals surface area (Å²) in [5.74, 6) is -0.751. The van der Waals surface area contributed by atoms with Crippen LogP contribution in [0.1, 0.15) is 15.9 Å². The van der Waals surface area contributed by atoms with E-state index in [1.54, 1.807) is 18.2 Å². The molecule has 3 aromatic carbocycles. The second-order valence-corrected chi connectivity index (χ2v) is 6.92. The molecular formula is C22H16FN3O2S. The Morgan fingerprint density at radius 2 is 1.76 bits per heavy atom. The summed E-state index contributed by atoms with van der Waals surface area (Å²) >= 11 is 5.36. The molecule has 0 radical (unpaired) electrons. The average Bonchev–Trinajstić information content (AvgIpc) is 2.73. The minimum atomic E-state index is -0.381. The molecule has 144 valence electrons. The molecular weight excluding hydrogens is 389 g/mol. The fourth-order valence-electron chi connectivity index (χ4n) is 3.04. The number of anilines is 1. The average molecular weight is 405 g/mol. The highest BCUT2D eigenvalue weighted by Gasteiger charge is 2.11. The molecule has 0 atom stereocenters. The van der Waals surface area contributed by atoms with Gasteiger partial charge in [-0.05, 0) is 60.2 Å². The third kappa shape index (κ3) is 4.00. The summed E-state index contributed by atoms with van der Waals surface area (Å²) in [6.07, 6.45) is 0. The predicted molar refractivity (Wildman–Crippen MR) is 113 cm³/mol. The van der Waals surface area contributed by atoms with Gasteiger partial charge in [-0.3, -0.25) is 14.2 Å². The largest absolute Gasteiger partial charge is 0.332 e. The molecule has 0 saturated carbocycles. The Bertz CT molecular complexity index is 1310. The van der Waals surface area contributed by atoms with Crippen LogP contribution in [-0.4, -0.2) is 15.5 Å². The van der Waals surface area contributed by atoms with Crippen LogP contribution in [0, 0.1) is 10.6 Å². The number of amides is 1. The van der Waals surface area contributed by atoms with E-state index in [-0.39, 0.29) is 22.1 Å². The Balaban J connectivity index is 1.67. The fraction of sp³-hybridized carbons (Fsp3) is 0.0455. The van der Waals surface area contributed by atoms with Gasteiger partial charge in [0.05, 0.1) is 17.4 Å². The Morgan fingerprint density at radius 3 is 2.48 bits per heavy atom. The molecule has 4 rings (SSSR count). The van der Waals surface area contributed by atoms with Crippen molar-refractivity contribution in [2.24, 2.45) is 0 Å². The first-order chi connectivity index (χ1) is 14.0. The van der Waals surface area contributed by atoms with Crippen LogP contribution in [0.15, 0.2) is 77.6 Å². The van der Waals surface area contributed by atoms with Crippen LogP contribution in [0.2, 0.25) is 0 Å². The number of carbonyl (C=O) groups is 1. The monoisotopic (exact) mass is 405 g/mol. The van der Waals surface area contributed by atoms with Crippen molar-refractivity contribution in [2.75, 3.05) is 5.32 Å². The topological polar surface area (TPSA) is 66.9 Å². The van der Waals surface area contributed by atoms with E-state index in [0.717, 1.165) is 5.56 Å². The number of hydrogen-bond donors (Lipinski definition) is 2. The highest BCUT2D eigenvalue weighted by Crippen LogP contribution is 2.15. The maximum atomic E-state index is 13.0. The number of benzene rings is 3. The van der Waals surface area contributed by atoms with Crippen molar-refractivity contribution in [3.8, 4) is 0 Å². The third-order valence-electron chi connectivity index (χ3n) is 4.53. The zero-order valence-electron chi connectivity index (χ0n) is 15.2. The van der Waals surface area contributed by atoms with Gasteiger partial charge in [-0.25, -0.2) is 4.39 Å². The number of fused-ring (bicyclic) bond motifs is 1. The molecule has 29 heavy (non-hydrogen) atoms. The summed E-state index contributed by atoms with van der Waals surface area (Å²) < 4.78 is 14.8. The Labute approximate surface area is 170 Å². The zero-order valence-corrected chi connectivity index (χ0v) is 16.0. The first kappa shape index (κ1) is 18.8. The Morgan fingerprint density at radius 1 is 1.03 bits per heavy atom. The minimum Gasteiger partial charge on any atom is -0.332 e. The molecule has 7 heteroatoms. The summed E-state index contributed by atoms with van der Waals surface area (Å²) in [6.45, 7) is 0.359. The van der Waals surface area contributed by atoms with E-state index >= 15 is 0 Å². The van der Waals surface area contributed by atoms with Crippen LogP contribution >= 0.6 is 12.2 Å². The maximum absolute atomic E-state index is 13.0. The molecule has 0 unspecified atom stereocenters. The van der Waals surface area contributed by atoms with Gasteiger partial charge in [-0.1, -0.05) is 30.3 Å². The third-order valence-corrected chi connectivity index (χ3v) is 4.85. The molecule has 0 aliphatic rings. The number of aromatic amines is 1. The molecule has 0 bridgehead atoms. The number of hydrogen-bond acceptors (Lipinski definition) is 3. The SMILES string of the molecule is O=C(Nc1ccc(F)cc1)c1ccc2c(=O)n(Cc3ccccc3)c(=S)[nH]c2c1. The van der Waals surface area contributed by atoms with E-state index in [1.807, 2.05) is 30.3 Å². The van der Waals surface area contributed by atoms with Gasteiger partial charge in [0, 0.05) is 11.3 Å². The molecule has 0 aliphatic carbocycles.